The smallest absolute Gasteiger partial charge is 0.228 e. The van der Waals surface area contributed by atoms with E-state index in [-0.39, 0.29) is 24.2 Å². The fourth-order valence-corrected chi connectivity index (χ4v) is 4.31. The minimum Gasteiger partial charge on any atom is -0.497 e. The van der Waals surface area contributed by atoms with Gasteiger partial charge in [0.15, 0.2) is 0 Å². The summed E-state index contributed by atoms with van der Waals surface area (Å²) in [4.78, 5) is 31.6. The first-order valence-corrected chi connectivity index (χ1v) is 10.7. The summed E-state index contributed by atoms with van der Waals surface area (Å²) in [7, 11) is 3.28. The van der Waals surface area contributed by atoms with Crippen LogP contribution in [0.15, 0.2) is 48.5 Å². The Bertz CT molecular complexity index is 940. The molecule has 0 bridgehead atoms. The Labute approximate surface area is 183 Å². The largest absolute Gasteiger partial charge is 0.497 e. The first kappa shape index (κ1) is 21.2. The van der Waals surface area contributed by atoms with Crippen LogP contribution in [0.3, 0.4) is 0 Å². The fraction of sp³-hybridized carbons (Fsp3) is 0.417. The lowest BCUT2D eigenvalue weighted by Gasteiger charge is -2.36. The molecular formula is C24H29N3O4. The van der Waals surface area contributed by atoms with Crippen LogP contribution in [0.25, 0.3) is 0 Å². The van der Waals surface area contributed by atoms with E-state index in [0.717, 1.165) is 31.1 Å². The van der Waals surface area contributed by atoms with Gasteiger partial charge in [0.25, 0.3) is 0 Å². The number of nitrogens with zero attached hydrogens (tertiary/aromatic N) is 3. The third-order valence-corrected chi connectivity index (χ3v) is 6.06. The zero-order valence-corrected chi connectivity index (χ0v) is 18.1. The SMILES string of the molecule is COc1cccc(CN2CCN(C(=O)C3CC(=O)N(c4cccc(OC)c4)C3)CC2)c1. The maximum absolute atomic E-state index is 13.1. The van der Waals surface area contributed by atoms with Crippen molar-refractivity contribution in [3.63, 3.8) is 0 Å². The van der Waals surface area contributed by atoms with E-state index < -0.39 is 0 Å². The Morgan fingerprint density at radius 3 is 2.35 bits per heavy atom. The van der Waals surface area contributed by atoms with Crippen LogP contribution >= 0.6 is 0 Å². The second-order valence-electron chi connectivity index (χ2n) is 8.06. The predicted molar refractivity (Wildman–Crippen MR) is 118 cm³/mol. The van der Waals surface area contributed by atoms with Crippen LogP contribution in [0.4, 0.5) is 5.69 Å². The number of carbonyl (C=O) groups is 2. The first-order chi connectivity index (χ1) is 15.1. The van der Waals surface area contributed by atoms with Gasteiger partial charge in [-0.1, -0.05) is 18.2 Å². The molecule has 2 fully saturated rings. The van der Waals surface area contributed by atoms with E-state index in [2.05, 4.69) is 17.0 Å². The number of hydrogen-bond donors (Lipinski definition) is 0. The molecular weight excluding hydrogens is 394 g/mol. The average molecular weight is 424 g/mol. The summed E-state index contributed by atoms with van der Waals surface area (Å²) < 4.78 is 10.6. The molecule has 1 unspecified atom stereocenters. The third kappa shape index (κ3) is 4.82. The van der Waals surface area contributed by atoms with Crippen molar-refractivity contribution in [1.29, 1.82) is 0 Å². The Hall–Kier alpha value is -3.06. The van der Waals surface area contributed by atoms with Gasteiger partial charge in [0.2, 0.25) is 11.8 Å². The molecule has 7 nitrogen and oxygen atoms in total. The Morgan fingerprint density at radius 2 is 1.65 bits per heavy atom. The zero-order valence-electron chi connectivity index (χ0n) is 18.1. The molecule has 31 heavy (non-hydrogen) atoms. The zero-order chi connectivity index (χ0) is 21.8. The highest BCUT2D eigenvalue weighted by Gasteiger charge is 2.38. The van der Waals surface area contributed by atoms with Crippen molar-refractivity contribution in [2.45, 2.75) is 13.0 Å². The standard InChI is InChI=1S/C24H29N3O4/c1-30-21-7-3-5-18(13-21)16-25-9-11-26(12-10-25)24(29)19-14-23(28)27(17-19)20-6-4-8-22(15-20)31-2/h3-8,13,15,19H,9-12,14,16-17H2,1-2H3. The summed E-state index contributed by atoms with van der Waals surface area (Å²) in [5.41, 5.74) is 1.98. The highest BCUT2D eigenvalue weighted by molar-refractivity contribution is 6.00. The van der Waals surface area contributed by atoms with Crippen LogP contribution < -0.4 is 14.4 Å². The molecule has 2 aliphatic rings. The summed E-state index contributed by atoms with van der Waals surface area (Å²) in [6.45, 7) is 4.28. The molecule has 4 rings (SSSR count). The van der Waals surface area contributed by atoms with Gasteiger partial charge in [-0.05, 0) is 29.8 Å². The van der Waals surface area contributed by atoms with Crippen LogP contribution in [0, 0.1) is 5.92 Å². The maximum Gasteiger partial charge on any atom is 0.228 e. The van der Waals surface area contributed by atoms with E-state index in [1.165, 1.54) is 5.56 Å². The van der Waals surface area contributed by atoms with Gasteiger partial charge in [-0.3, -0.25) is 14.5 Å². The number of benzene rings is 2. The number of hydrogen-bond acceptors (Lipinski definition) is 5. The summed E-state index contributed by atoms with van der Waals surface area (Å²) in [5.74, 6) is 1.34. The van der Waals surface area contributed by atoms with E-state index in [0.29, 0.717) is 25.4 Å². The molecule has 2 aromatic rings. The van der Waals surface area contributed by atoms with Gasteiger partial charge in [0.1, 0.15) is 11.5 Å². The normalized spacial score (nSPS) is 19.5. The molecule has 2 amide bonds. The lowest BCUT2D eigenvalue weighted by atomic mass is 10.1. The number of ether oxygens (including phenoxy) is 2. The molecule has 164 valence electrons. The Balaban J connectivity index is 1.32. The van der Waals surface area contributed by atoms with Gasteiger partial charge in [-0.15, -0.1) is 0 Å². The molecule has 2 heterocycles. The van der Waals surface area contributed by atoms with E-state index in [1.54, 1.807) is 19.1 Å². The number of rotatable bonds is 6. The number of amides is 2. The summed E-state index contributed by atoms with van der Waals surface area (Å²) >= 11 is 0. The fourth-order valence-electron chi connectivity index (χ4n) is 4.31. The quantitative estimate of drug-likeness (QED) is 0.714. The number of piperazine rings is 1. The van der Waals surface area contributed by atoms with Crippen LogP contribution in [0.1, 0.15) is 12.0 Å². The minimum atomic E-state index is -0.288. The van der Waals surface area contributed by atoms with Crippen LogP contribution in [0.2, 0.25) is 0 Å². The molecule has 0 radical (unpaired) electrons. The van der Waals surface area contributed by atoms with Crippen molar-refractivity contribution in [1.82, 2.24) is 9.80 Å². The molecule has 0 N–H and O–H groups in total. The van der Waals surface area contributed by atoms with Crippen LogP contribution in [-0.2, 0) is 16.1 Å². The van der Waals surface area contributed by atoms with Crippen molar-refractivity contribution < 1.29 is 19.1 Å². The molecule has 7 heteroatoms. The van der Waals surface area contributed by atoms with Gasteiger partial charge >= 0.3 is 0 Å². The Morgan fingerprint density at radius 1 is 0.968 bits per heavy atom. The molecule has 1 atom stereocenters. The first-order valence-electron chi connectivity index (χ1n) is 10.7. The van der Waals surface area contributed by atoms with Gasteiger partial charge in [-0.25, -0.2) is 0 Å². The predicted octanol–water partition coefficient (Wildman–Crippen LogP) is 2.40. The second kappa shape index (κ2) is 9.39. The molecule has 2 aliphatic heterocycles. The molecule has 2 saturated heterocycles. The monoisotopic (exact) mass is 423 g/mol. The van der Waals surface area contributed by atoms with Crippen LogP contribution in [0.5, 0.6) is 11.5 Å². The molecule has 0 saturated carbocycles. The summed E-state index contributed by atoms with van der Waals surface area (Å²) in [6, 6.07) is 15.5. The topological polar surface area (TPSA) is 62.3 Å². The van der Waals surface area contributed by atoms with Crippen molar-refractivity contribution in [2.24, 2.45) is 5.92 Å². The van der Waals surface area contributed by atoms with E-state index in [1.807, 2.05) is 41.3 Å². The molecule has 0 spiro atoms. The third-order valence-electron chi connectivity index (χ3n) is 6.06. The lowest BCUT2D eigenvalue weighted by molar-refractivity contribution is -0.137. The Kier molecular flexibility index (Phi) is 6.42. The molecule has 0 aromatic heterocycles. The van der Waals surface area contributed by atoms with E-state index in [4.69, 9.17) is 9.47 Å². The number of carbonyl (C=O) groups excluding carboxylic acids is 2. The molecule has 2 aromatic carbocycles. The van der Waals surface area contributed by atoms with Crippen molar-refractivity contribution >= 4 is 17.5 Å². The van der Waals surface area contributed by atoms with Crippen LogP contribution in [-0.4, -0.2) is 68.6 Å². The van der Waals surface area contributed by atoms with Crippen molar-refractivity contribution in [3.8, 4) is 11.5 Å². The van der Waals surface area contributed by atoms with Gasteiger partial charge in [-0.2, -0.15) is 0 Å². The minimum absolute atomic E-state index is 0.0109. The average Bonchev–Trinajstić information content (AvgIpc) is 3.21. The van der Waals surface area contributed by atoms with Crippen molar-refractivity contribution in [3.05, 3.63) is 54.1 Å². The molecule has 0 aliphatic carbocycles. The summed E-state index contributed by atoms with van der Waals surface area (Å²) in [5, 5.41) is 0. The van der Waals surface area contributed by atoms with Gasteiger partial charge in [0.05, 0.1) is 20.1 Å². The highest BCUT2D eigenvalue weighted by atomic mass is 16.5. The highest BCUT2D eigenvalue weighted by Crippen LogP contribution is 2.29. The summed E-state index contributed by atoms with van der Waals surface area (Å²) in [6.07, 6.45) is 0.264. The second-order valence-corrected chi connectivity index (χ2v) is 8.06. The van der Waals surface area contributed by atoms with E-state index in [9.17, 15) is 9.59 Å². The number of methoxy groups -OCH3 is 2. The van der Waals surface area contributed by atoms with E-state index >= 15 is 0 Å². The number of anilines is 1. The maximum atomic E-state index is 13.1. The van der Waals surface area contributed by atoms with Crippen molar-refractivity contribution in [2.75, 3.05) is 51.8 Å². The van der Waals surface area contributed by atoms with Gasteiger partial charge < -0.3 is 19.3 Å². The van der Waals surface area contributed by atoms with Gasteiger partial charge in [0, 0.05) is 57.4 Å². The lowest BCUT2D eigenvalue weighted by Crippen LogP contribution is -2.50.